The molecule has 0 saturated heterocycles. The highest BCUT2D eigenvalue weighted by atomic mass is 79.9. The van der Waals surface area contributed by atoms with Crippen molar-refractivity contribution in [1.29, 1.82) is 0 Å². The molecule has 0 spiro atoms. The maximum atomic E-state index is 4.42. The van der Waals surface area contributed by atoms with E-state index in [4.69, 9.17) is 0 Å². The third kappa shape index (κ3) is 2.86. The fourth-order valence-electron chi connectivity index (χ4n) is 2.13. The quantitative estimate of drug-likeness (QED) is 0.648. The number of benzene rings is 2. The largest absolute Gasteiger partial charge is 0.379 e. The first kappa shape index (κ1) is 13.6. The average molecular weight is 392 g/mol. The maximum absolute atomic E-state index is 4.42. The third-order valence-corrected chi connectivity index (χ3v) is 4.24. The number of pyridine rings is 1. The maximum Gasteiger partial charge on any atom is 0.0737 e. The molecule has 4 heteroatoms. The molecule has 1 N–H and O–H groups in total. The van der Waals surface area contributed by atoms with E-state index in [2.05, 4.69) is 84.6 Å². The van der Waals surface area contributed by atoms with Crippen LogP contribution >= 0.6 is 31.9 Å². The lowest BCUT2D eigenvalue weighted by atomic mass is 10.1. The molecule has 0 amide bonds. The summed E-state index contributed by atoms with van der Waals surface area (Å²) < 4.78 is 1.97. The van der Waals surface area contributed by atoms with Gasteiger partial charge in [0.1, 0.15) is 0 Å². The van der Waals surface area contributed by atoms with Crippen LogP contribution in [0.2, 0.25) is 0 Å². The molecule has 0 aliphatic heterocycles. The van der Waals surface area contributed by atoms with E-state index in [0.717, 1.165) is 20.3 Å². The molecule has 0 fully saturated rings. The van der Waals surface area contributed by atoms with Crippen LogP contribution in [-0.4, -0.2) is 4.98 Å². The summed E-state index contributed by atoms with van der Waals surface area (Å²) in [7, 11) is 0. The summed E-state index contributed by atoms with van der Waals surface area (Å²) in [6.07, 6.45) is 1.81. The molecule has 0 radical (unpaired) electrons. The first-order valence-electron chi connectivity index (χ1n) is 6.25. The van der Waals surface area contributed by atoms with E-state index in [1.807, 2.05) is 12.3 Å². The summed E-state index contributed by atoms with van der Waals surface area (Å²) in [6, 6.07) is 16.6. The number of nitrogens with one attached hydrogen (secondary N) is 1. The van der Waals surface area contributed by atoms with Crippen molar-refractivity contribution >= 4 is 48.3 Å². The molecule has 2 aromatic carbocycles. The molecule has 0 saturated carbocycles. The lowest BCUT2D eigenvalue weighted by Crippen LogP contribution is -2.02. The molecular formula is C16H12Br2N2. The van der Waals surface area contributed by atoms with Gasteiger partial charge in [-0.1, -0.05) is 36.4 Å². The highest BCUT2D eigenvalue weighted by molar-refractivity contribution is 9.11. The molecule has 0 atom stereocenters. The number of aromatic nitrogens is 1. The second-order valence-corrected chi connectivity index (χ2v) is 6.23. The van der Waals surface area contributed by atoms with Crippen LogP contribution in [0, 0.1) is 0 Å². The molecule has 0 bridgehead atoms. The van der Waals surface area contributed by atoms with Gasteiger partial charge in [-0.2, -0.15) is 0 Å². The molecule has 20 heavy (non-hydrogen) atoms. The predicted molar refractivity (Wildman–Crippen MR) is 90.9 cm³/mol. The lowest BCUT2D eigenvalue weighted by Gasteiger charge is -2.10. The fourth-order valence-corrected chi connectivity index (χ4v) is 3.26. The van der Waals surface area contributed by atoms with Crippen LogP contribution in [-0.2, 0) is 6.54 Å². The summed E-state index contributed by atoms with van der Waals surface area (Å²) in [5.41, 5.74) is 2.11. The van der Waals surface area contributed by atoms with E-state index in [1.165, 1.54) is 10.8 Å². The Kier molecular flexibility index (Phi) is 4.03. The SMILES string of the molecule is Brc1cnc(CNc2cccc3ccccc23)c(Br)c1. The third-order valence-electron chi connectivity index (χ3n) is 3.12. The Hall–Kier alpha value is -1.39. The number of halogens is 2. The number of fused-ring (bicyclic) bond motifs is 1. The normalized spacial score (nSPS) is 10.7. The second kappa shape index (κ2) is 5.94. The van der Waals surface area contributed by atoms with Crippen molar-refractivity contribution in [2.75, 3.05) is 5.32 Å². The predicted octanol–water partition coefficient (Wildman–Crippen LogP) is 5.37. The van der Waals surface area contributed by atoms with E-state index in [1.54, 1.807) is 0 Å². The standard InChI is InChI=1S/C16H12Br2N2/c17-12-8-14(18)16(19-9-12)10-20-15-7-3-5-11-4-1-2-6-13(11)15/h1-9,20H,10H2. The molecule has 100 valence electrons. The van der Waals surface area contributed by atoms with Crippen LogP contribution in [0.5, 0.6) is 0 Å². The molecule has 0 aliphatic carbocycles. The number of anilines is 1. The van der Waals surface area contributed by atoms with Crippen molar-refractivity contribution in [3.05, 3.63) is 69.4 Å². The van der Waals surface area contributed by atoms with Gasteiger partial charge in [0.05, 0.1) is 12.2 Å². The number of rotatable bonds is 3. The van der Waals surface area contributed by atoms with Gasteiger partial charge in [-0.3, -0.25) is 4.98 Å². The Morgan fingerprint density at radius 2 is 1.80 bits per heavy atom. The fraction of sp³-hybridized carbons (Fsp3) is 0.0625. The van der Waals surface area contributed by atoms with Gasteiger partial charge >= 0.3 is 0 Å². The smallest absolute Gasteiger partial charge is 0.0737 e. The minimum Gasteiger partial charge on any atom is -0.379 e. The molecule has 0 unspecified atom stereocenters. The highest BCUT2D eigenvalue weighted by Crippen LogP contribution is 2.25. The van der Waals surface area contributed by atoms with Crippen molar-refractivity contribution in [3.8, 4) is 0 Å². The zero-order chi connectivity index (χ0) is 13.9. The van der Waals surface area contributed by atoms with Crippen LogP contribution in [0.25, 0.3) is 10.8 Å². The number of hydrogen-bond donors (Lipinski definition) is 1. The summed E-state index contributed by atoms with van der Waals surface area (Å²) in [5.74, 6) is 0. The first-order chi connectivity index (χ1) is 9.74. The first-order valence-corrected chi connectivity index (χ1v) is 7.84. The lowest BCUT2D eigenvalue weighted by molar-refractivity contribution is 1.03. The molecule has 1 heterocycles. The Morgan fingerprint density at radius 3 is 2.65 bits per heavy atom. The van der Waals surface area contributed by atoms with E-state index in [-0.39, 0.29) is 0 Å². The molecular weight excluding hydrogens is 380 g/mol. The van der Waals surface area contributed by atoms with Gasteiger partial charge in [0, 0.05) is 26.2 Å². The van der Waals surface area contributed by atoms with Crippen molar-refractivity contribution in [2.24, 2.45) is 0 Å². The van der Waals surface area contributed by atoms with Crippen LogP contribution in [0.4, 0.5) is 5.69 Å². The van der Waals surface area contributed by atoms with Gasteiger partial charge in [-0.25, -0.2) is 0 Å². The highest BCUT2D eigenvalue weighted by Gasteiger charge is 2.04. The Balaban J connectivity index is 1.87. The van der Waals surface area contributed by atoms with Crippen molar-refractivity contribution in [1.82, 2.24) is 4.98 Å². The second-order valence-electron chi connectivity index (χ2n) is 4.46. The summed E-state index contributed by atoms with van der Waals surface area (Å²) in [4.78, 5) is 4.42. The monoisotopic (exact) mass is 390 g/mol. The van der Waals surface area contributed by atoms with E-state index >= 15 is 0 Å². The van der Waals surface area contributed by atoms with Crippen molar-refractivity contribution in [3.63, 3.8) is 0 Å². The van der Waals surface area contributed by atoms with E-state index in [0.29, 0.717) is 6.54 Å². The zero-order valence-electron chi connectivity index (χ0n) is 10.6. The molecule has 1 aromatic heterocycles. The summed E-state index contributed by atoms with van der Waals surface area (Å²) >= 11 is 6.95. The van der Waals surface area contributed by atoms with Gasteiger partial charge in [-0.15, -0.1) is 0 Å². The summed E-state index contributed by atoms with van der Waals surface area (Å²) in [6.45, 7) is 0.682. The Labute approximate surface area is 134 Å². The Bertz CT molecular complexity index is 751. The van der Waals surface area contributed by atoms with Crippen LogP contribution in [0.1, 0.15) is 5.69 Å². The number of hydrogen-bond acceptors (Lipinski definition) is 2. The van der Waals surface area contributed by atoms with Crippen LogP contribution in [0.15, 0.2) is 63.7 Å². The minimum absolute atomic E-state index is 0.682. The molecule has 2 nitrogen and oxygen atoms in total. The topological polar surface area (TPSA) is 24.9 Å². The van der Waals surface area contributed by atoms with E-state index in [9.17, 15) is 0 Å². The molecule has 3 aromatic rings. The zero-order valence-corrected chi connectivity index (χ0v) is 13.8. The Morgan fingerprint density at radius 1 is 1.00 bits per heavy atom. The minimum atomic E-state index is 0.682. The van der Waals surface area contributed by atoms with Crippen LogP contribution in [0.3, 0.4) is 0 Å². The van der Waals surface area contributed by atoms with Gasteiger partial charge in [-0.05, 0) is 49.4 Å². The summed E-state index contributed by atoms with van der Waals surface area (Å²) in [5, 5.41) is 5.92. The van der Waals surface area contributed by atoms with Crippen molar-refractivity contribution in [2.45, 2.75) is 6.54 Å². The molecule has 3 rings (SSSR count). The van der Waals surface area contributed by atoms with Crippen LogP contribution < -0.4 is 5.32 Å². The van der Waals surface area contributed by atoms with Crippen molar-refractivity contribution < 1.29 is 0 Å². The van der Waals surface area contributed by atoms with Gasteiger partial charge < -0.3 is 5.32 Å². The average Bonchev–Trinajstić information content (AvgIpc) is 2.46. The van der Waals surface area contributed by atoms with Gasteiger partial charge in [0.15, 0.2) is 0 Å². The number of nitrogens with zero attached hydrogens (tertiary/aromatic N) is 1. The van der Waals surface area contributed by atoms with Gasteiger partial charge in [0.25, 0.3) is 0 Å². The molecule has 0 aliphatic rings. The van der Waals surface area contributed by atoms with E-state index < -0.39 is 0 Å². The van der Waals surface area contributed by atoms with Gasteiger partial charge in [0.2, 0.25) is 0 Å².